The molecule has 1 heterocycles. The predicted molar refractivity (Wildman–Crippen MR) is 59.6 cm³/mol. The highest BCUT2D eigenvalue weighted by Crippen LogP contribution is 2.26. The second-order valence-corrected chi connectivity index (χ2v) is 3.40. The highest BCUT2D eigenvalue weighted by Gasteiger charge is 2.09. The van der Waals surface area contributed by atoms with Gasteiger partial charge in [0.25, 0.3) is 0 Å². The average Bonchev–Trinajstić information content (AvgIpc) is 2.29. The Bertz CT molecular complexity index is 537. The predicted octanol–water partition coefficient (Wildman–Crippen LogP) is 1.87. The van der Waals surface area contributed by atoms with Gasteiger partial charge in [-0.2, -0.15) is 0 Å². The number of hydrogen-bond acceptors (Lipinski definition) is 3. The Morgan fingerprint density at radius 1 is 1.44 bits per heavy atom. The quantitative estimate of drug-likeness (QED) is 0.852. The van der Waals surface area contributed by atoms with Gasteiger partial charge in [-0.1, -0.05) is 12.1 Å². The van der Waals surface area contributed by atoms with E-state index in [-0.39, 0.29) is 6.42 Å². The molecule has 0 saturated carbocycles. The minimum absolute atomic E-state index is 0.00775. The van der Waals surface area contributed by atoms with Crippen LogP contribution in [0.15, 0.2) is 30.5 Å². The Morgan fingerprint density at radius 3 is 2.94 bits per heavy atom. The molecule has 82 valence electrons. The Kier molecular flexibility index (Phi) is 2.72. The van der Waals surface area contributed by atoms with Crippen LogP contribution in [0.5, 0.6) is 5.75 Å². The van der Waals surface area contributed by atoms with Crippen LogP contribution in [-0.2, 0) is 11.2 Å². The van der Waals surface area contributed by atoms with Crippen LogP contribution >= 0.6 is 0 Å². The van der Waals surface area contributed by atoms with E-state index in [1.54, 1.807) is 31.5 Å². The number of carboxylic acids is 1. The van der Waals surface area contributed by atoms with Gasteiger partial charge < -0.3 is 9.84 Å². The van der Waals surface area contributed by atoms with E-state index in [0.29, 0.717) is 11.3 Å². The molecule has 0 saturated heterocycles. The monoisotopic (exact) mass is 217 g/mol. The third-order valence-corrected chi connectivity index (χ3v) is 2.38. The van der Waals surface area contributed by atoms with E-state index in [1.165, 1.54) is 0 Å². The standard InChI is InChI=1S/C12H11NO3/c1-16-10-5-4-8(7-11(14)15)9-3-2-6-13-12(9)10/h2-6H,7H2,1H3,(H,14,15). The van der Waals surface area contributed by atoms with Gasteiger partial charge >= 0.3 is 5.97 Å². The van der Waals surface area contributed by atoms with Crippen molar-refractivity contribution in [3.05, 3.63) is 36.0 Å². The number of fused-ring (bicyclic) bond motifs is 1. The van der Waals surface area contributed by atoms with Crippen LogP contribution in [0, 0.1) is 0 Å². The number of aliphatic carboxylic acids is 1. The van der Waals surface area contributed by atoms with Gasteiger partial charge in [-0.05, 0) is 17.7 Å². The molecule has 0 fully saturated rings. The molecule has 0 aliphatic heterocycles. The van der Waals surface area contributed by atoms with Crippen molar-refractivity contribution in [1.29, 1.82) is 0 Å². The van der Waals surface area contributed by atoms with Crippen molar-refractivity contribution in [2.24, 2.45) is 0 Å². The van der Waals surface area contributed by atoms with Gasteiger partial charge in [0.2, 0.25) is 0 Å². The lowest BCUT2D eigenvalue weighted by atomic mass is 10.1. The van der Waals surface area contributed by atoms with Crippen molar-refractivity contribution in [3.8, 4) is 5.75 Å². The number of aromatic nitrogens is 1. The molecule has 2 aromatic rings. The molecule has 0 unspecified atom stereocenters. The largest absolute Gasteiger partial charge is 0.494 e. The summed E-state index contributed by atoms with van der Waals surface area (Å²) in [5.74, 6) is -0.194. The molecule has 0 aliphatic rings. The fraction of sp³-hybridized carbons (Fsp3) is 0.167. The molecule has 0 bridgehead atoms. The number of pyridine rings is 1. The highest BCUT2D eigenvalue weighted by atomic mass is 16.5. The molecule has 0 atom stereocenters. The third-order valence-electron chi connectivity index (χ3n) is 2.38. The van der Waals surface area contributed by atoms with Crippen molar-refractivity contribution in [2.45, 2.75) is 6.42 Å². The highest BCUT2D eigenvalue weighted by molar-refractivity contribution is 5.90. The first-order chi connectivity index (χ1) is 7.72. The maximum atomic E-state index is 10.7. The van der Waals surface area contributed by atoms with E-state index in [1.807, 2.05) is 6.07 Å². The van der Waals surface area contributed by atoms with E-state index in [0.717, 1.165) is 10.9 Å². The molecule has 1 aromatic carbocycles. The number of carboxylic acid groups (broad SMARTS) is 1. The molecule has 0 amide bonds. The summed E-state index contributed by atoms with van der Waals surface area (Å²) < 4.78 is 5.18. The molecule has 1 aromatic heterocycles. The molecule has 4 heteroatoms. The van der Waals surface area contributed by atoms with Crippen LogP contribution in [0.2, 0.25) is 0 Å². The summed E-state index contributed by atoms with van der Waals surface area (Å²) in [5.41, 5.74) is 1.44. The topological polar surface area (TPSA) is 59.4 Å². The Balaban J connectivity index is 2.64. The van der Waals surface area contributed by atoms with E-state index in [4.69, 9.17) is 9.84 Å². The Morgan fingerprint density at radius 2 is 2.25 bits per heavy atom. The summed E-state index contributed by atoms with van der Waals surface area (Å²) in [4.78, 5) is 14.9. The number of benzene rings is 1. The number of hydrogen-bond donors (Lipinski definition) is 1. The number of rotatable bonds is 3. The minimum Gasteiger partial charge on any atom is -0.494 e. The normalized spacial score (nSPS) is 10.3. The SMILES string of the molecule is COc1ccc(CC(=O)O)c2cccnc12. The van der Waals surface area contributed by atoms with Gasteiger partial charge in [0.1, 0.15) is 11.3 Å². The van der Waals surface area contributed by atoms with Crippen LogP contribution in [0.1, 0.15) is 5.56 Å². The van der Waals surface area contributed by atoms with Gasteiger partial charge in [0, 0.05) is 11.6 Å². The summed E-state index contributed by atoms with van der Waals surface area (Å²) in [6, 6.07) is 7.14. The zero-order chi connectivity index (χ0) is 11.5. The molecular weight excluding hydrogens is 206 g/mol. The lowest BCUT2D eigenvalue weighted by molar-refractivity contribution is -0.136. The number of ether oxygens (including phenoxy) is 1. The molecule has 4 nitrogen and oxygen atoms in total. The maximum absolute atomic E-state index is 10.7. The third kappa shape index (κ3) is 1.82. The van der Waals surface area contributed by atoms with Crippen molar-refractivity contribution < 1.29 is 14.6 Å². The van der Waals surface area contributed by atoms with Crippen molar-refractivity contribution in [1.82, 2.24) is 4.98 Å². The minimum atomic E-state index is -0.852. The fourth-order valence-corrected chi connectivity index (χ4v) is 1.69. The van der Waals surface area contributed by atoms with Crippen LogP contribution in [0.4, 0.5) is 0 Å². The zero-order valence-corrected chi connectivity index (χ0v) is 8.80. The first-order valence-electron chi connectivity index (χ1n) is 4.85. The van der Waals surface area contributed by atoms with Gasteiger partial charge in [-0.3, -0.25) is 9.78 Å². The molecule has 16 heavy (non-hydrogen) atoms. The molecule has 0 aliphatic carbocycles. The second-order valence-electron chi connectivity index (χ2n) is 3.40. The molecule has 0 spiro atoms. The summed E-state index contributed by atoms with van der Waals surface area (Å²) in [6.07, 6.45) is 1.65. The number of carbonyl (C=O) groups is 1. The molecule has 1 N–H and O–H groups in total. The Labute approximate surface area is 92.5 Å². The van der Waals surface area contributed by atoms with E-state index >= 15 is 0 Å². The van der Waals surface area contributed by atoms with Crippen LogP contribution < -0.4 is 4.74 Å². The average molecular weight is 217 g/mol. The van der Waals surface area contributed by atoms with Gasteiger partial charge in [-0.25, -0.2) is 0 Å². The first kappa shape index (κ1) is 10.4. The fourth-order valence-electron chi connectivity index (χ4n) is 1.69. The number of methoxy groups -OCH3 is 1. The van der Waals surface area contributed by atoms with Crippen molar-refractivity contribution in [3.63, 3.8) is 0 Å². The van der Waals surface area contributed by atoms with Gasteiger partial charge in [0.05, 0.1) is 13.5 Å². The summed E-state index contributed by atoms with van der Waals surface area (Å²) in [7, 11) is 1.57. The van der Waals surface area contributed by atoms with Crippen LogP contribution in [0.25, 0.3) is 10.9 Å². The lowest BCUT2D eigenvalue weighted by Crippen LogP contribution is -2.01. The van der Waals surface area contributed by atoms with Gasteiger partial charge in [-0.15, -0.1) is 0 Å². The van der Waals surface area contributed by atoms with Crippen LogP contribution in [0.3, 0.4) is 0 Å². The van der Waals surface area contributed by atoms with Crippen molar-refractivity contribution in [2.75, 3.05) is 7.11 Å². The zero-order valence-electron chi connectivity index (χ0n) is 8.80. The van der Waals surface area contributed by atoms with Crippen molar-refractivity contribution >= 4 is 16.9 Å². The summed E-state index contributed by atoms with van der Waals surface area (Å²) in [6.45, 7) is 0. The molecular formula is C12H11NO3. The number of nitrogens with zero attached hydrogens (tertiary/aromatic N) is 1. The van der Waals surface area contributed by atoms with Crippen LogP contribution in [-0.4, -0.2) is 23.2 Å². The smallest absolute Gasteiger partial charge is 0.307 e. The van der Waals surface area contributed by atoms with E-state index < -0.39 is 5.97 Å². The van der Waals surface area contributed by atoms with E-state index in [9.17, 15) is 4.79 Å². The van der Waals surface area contributed by atoms with E-state index in [2.05, 4.69) is 4.98 Å². The first-order valence-corrected chi connectivity index (χ1v) is 4.85. The molecule has 2 rings (SSSR count). The van der Waals surface area contributed by atoms with Gasteiger partial charge in [0.15, 0.2) is 0 Å². The maximum Gasteiger partial charge on any atom is 0.307 e. The Hall–Kier alpha value is -2.10. The summed E-state index contributed by atoms with van der Waals surface area (Å²) >= 11 is 0. The second kappa shape index (κ2) is 4.18. The molecule has 0 radical (unpaired) electrons. The summed E-state index contributed by atoms with van der Waals surface area (Å²) in [5, 5.41) is 9.62. The lowest BCUT2D eigenvalue weighted by Gasteiger charge is -2.07.